The lowest BCUT2D eigenvalue weighted by Gasteiger charge is -2.23. The number of thiazole rings is 1. The highest BCUT2D eigenvalue weighted by Gasteiger charge is 2.48. The smallest absolute Gasteiger partial charge is 0.301 e. The van der Waals surface area contributed by atoms with Gasteiger partial charge in [-0.05, 0) is 72.1 Å². The van der Waals surface area contributed by atoms with Crippen LogP contribution in [0.3, 0.4) is 0 Å². The molecule has 1 aliphatic rings. The second-order valence-electron chi connectivity index (χ2n) is 9.99. The molecule has 1 fully saturated rings. The van der Waals surface area contributed by atoms with Crippen LogP contribution < -0.4 is 14.4 Å². The number of halogens is 1. The Balaban J connectivity index is 1.40. The van der Waals surface area contributed by atoms with E-state index in [0.29, 0.717) is 46.1 Å². The van der Waals surface area contributed by atoms with Crippen molar-refractivity contribution in [3.8, 4) is 11.5 Å². The van der Waals surface area contributed by atoms with Crippen LogP contribution in [0.1, 0.15) is 36.1 Å². The summed E-state index contributed by atoms with van der Waals surface area (Å²) in [6.07, 6.45) is 0.847. The number of rotatable bonds is 9. The molecule has 43 heavy (non-hydrogen) atoms. The molecule has 1 amide bonds. The topological polar surface area (TPSA) is 89.0 Å². The second-order valence-corrected chi connectivity index (χ2v) is 11.0. The molecule has 0 radical (unpaired) electrons. The Labute approximate surface area is 251 Å². The van der Waals surface area contributed by atoms with Gasteiger partial charge in [-0.1, -0.05) is 60.7 Å². The number of hydrogen-bond donors (Lipinski definition) is 1. The summed E-state index contributed by atoms with van der Waals surface area (Å²) in [6, 6.07) is 26.6. The first kappa shape index (κ1) is 28.1. The maximum absolute atomic E-state index is 13.9. The third-order valence-electron chi connectivity index (χ3n) is 7.03. The Morgan fingerprint density at radius 3 is 2.35 bits per heavy atom. The molecule has 1 atom stereocenters. The monoisotopic (exact) mass is 594 g/mol. The molecular formula is C34H27FN2O5S. The van der Waals surface area contributed by atoms with Gasteiger partial charge in [0.15, 0.2) is 5.13 Å². The van der Waals surface area contributed by atoms with Crippen molar-refractivity contribution >= 4 is 44.1 Å². The third kappa shape index (κ3) is 5.72. The van der Waals surface area contributed by atoms with Crippen molar-refractivity contribution in [1.82, 2.24) is 4.98 Å². The average Bonchev–Trinajstić information content (AvgIpc) is 3.56. The van der Waals surface area contributed by atoms with Crippen LogP contribution >= 0.6 is 11.3 Å². The van der Waals surface area contributed by atoms with Crippen LogP contribution in [-0.2, 0) is 16.2 Å². The van der Waals surface area contributed by atoms with Crippen molar-refractivity contribution in [2.45, 2.75) is 26.0 Å². The summed E-state index contributed by atoms with van der Waals surface area (Å²) in [7, 11) is 0. The van der Waals surface area contributed by atoms with Crippen LogP contribution in [0, 0.1) is 5.82 Å². The summed E-state index contributed by atoms with van der Waals surface area (Å²) in [5.74, 6) is -1.20. The van der Waals surface area contributed by atoms with E-state index in [1.165, 1.54) is 23.1 Å². The fourth-order valence-corrected chi connectivity index (χ4v) is 5.92. The Morgan fingerprint density at radius 2 is 1.63 bits per heavy atom. The van der Waals surface area contributed by atoms with Gasteiger partial charge in [0.2, 0.25) is 0 Å². The molecular weight excluding hydrogens is 567 g/mol. The quantitative estimate of drug-likeness (QED) is 0.108. The summed E-state index contributed by atoms with van der Waals surface area (Å²) in [6.45, 7) is 2.93. The molecule has 9 heteroatoms. The van der Waals surface area contributed by atoms with Crippen LogP contribution in [0.2, 0.25) is 0 Å². The van der Waals surface area contributed by atoms with E-state index in [1.54, 1.807) is 48.5 Å². The molecule has 0 bridgehead atoms. The lowest BCUT2D eigenvalue weighted by Crippen LogP contribution is -2.29. The number of ketones is 1. The van der Waals surface area contributed by atoms with Crippen molar-refractivity contribution < 1.29 is 28.6 Å². The first-order valence-corrected chi connectivity index (χ1v) is 14.6. The number of ether oxygens (including phenoxy) is 2. The largest absolute Gasteiger partial charge is 0.507 e. The molecule has 1 saturated heterocycles. The molecule has 1 aromatic heterocycles. The normalized spacial score (nSPS) is 16.1. The number of Topliss-reactive ketones (excluding diaryl/α,β-unsaturated/α-hetero) is 1. The van der Waals surface area contributed by atoms with Crippen molar-refractivity contribution in [3.63, 3.8) is 0 Å². The Morgan fingerprint density at radius 1 is 0.930 bits per heavy atom. The summed E-state index contributed by atoms with van der Waals surface area (Å²) in [4.78, 5) is 32.9. The van der Waals surface area contributed by atoms with E-state index in [9.17, 15) is 19.1 Å². The predicted octanol–water partition coefficient (Wildman–Crippen LogP) is 7.43. The Hall–Kier alpha value is -5.02. The van der Waals surface area contributed by atoms with Crippen LogP contribution in [0.25, 0.3) is 16.0 Å². The van der Waals surface area contributed by atoms with E-state index in [0.717, 1.165) is 23.3 Å². The third-order valence-corrected chi connectivity index (χ3v) is 8.05. The number of carbonyl (C=O) groups excluding carboxylic acids is 2. The second kappa shape index (κ2) is 12.1. The number of fused-ring (bicyclic) bond motifs is 1. The standard InChI is InChI=1S/C34H27FN2O5S/c1-2-18-41-25-15-10-23(11-16-25)31(38)29-30(22-8-13-26(14-9-22)42-20-21-6-4-3-5-7-21)37(33(40)32(29)39)34-36-27-17-12-24(35)19-28(27)43-34/h3-17,19,30,38H,2,18,20H2,1H3/b31-29+. The first-order valence-electron chi connectivity index (χ1n) is 13.8. The minimum absolute atomic E-state index is 0.0735. The van der Waals surface area contributed by atoms with Gasteiger partial charge in [-0.3, -0.25) is 14.5 Å². The highest BCUT2D eigenvalue weighted by Crippen LogP contribution is 2.44. The van der Waals surface area contributed by atoms with E-state index < -0.39 is 23.5 Å². The van der Waals surface area contributed by atoms with Crippen LogP contribution in [-0.4, -0.2) is 28.4 Å². The molecule has 1 N–H and O–H groups in total. The van der Waals surface area contributed by atoms with Crippen molar-refractivity contribution in [2.24, 2.45) is 0 Å². The molecule has 2 heterocycles. The number of carbonyl (C=O) groups is 2. The van der Waals surface area contributed by atoms with E-state index in [1.807, 2.05) is 37.3 Å². The molecule has 1 aliphatic heterocycles. The molecule has 1 unspecified atom stereocenters. The number of hydrogen-bond acceptors (Lipinski definition) is 7. The number of aromatic nitrogens is 1. The Kier molecular flexibility index (Phi) is 7.89. The lowest BCUT2D eigenvalue weighted by atomic mass is 9.95. The number of anilines is 1. The first-order chi connectivity index (χ1) is 20.9. The number of aliphatic hydroxyl groups excluding tert-OH is 1. The molecule has 0 aliphatic carbocycles. The average molecular weight is 595 g/mol. The van der Waals surface area contributed by atoms with Crippen LogP contribution in [0.4, 0.5) is 9.52 Å². The molecule has 0 spiro atoms. The highest BCUT2D eigenvalue weighted by molar-refractivity contribution is 7.22. The SMILES string of the molecule is CCCOc1ccc(/C(O)=C2\C(=O)C(=O)N(c3nc4ccc(F)cc4s3)C2c2ccc(OCc3ccccc3)cc2)cc1. The zero-order chi connectivity index (χ0) is 29.9. The van der Waals surface area contributed by atoms with Gasteiger partial charge in [0, 0.05) is 5.56 Å². The summed E-state index contributed by atoms with van der Waals surface area (Å²) in [5.41, 5.74) is 2.37. The molecule has 6 rings (SSSR count). The number of benzene rings is 4. The maximum atomic E-state index is 13.9. The highest BCUT2D eigenvalue weighted by atomic mass is 32.1. The zero-order valence-corrected chi connectivity index (χ0v) is 24.0. The van der Waals surface area contributed by atoms with Gasteiger partial charge in [-0.15, -0.1) is 0 Å². The zero-order valence-electron chi connectivity index (χ0n) is 23.2. The molecule has 4 aromatic carbocycles. The lowest BCUT2D eigenvalue weighted by molar-refractivity contribution is -0.132. The predicted molar refractivity (Wildman–Crippen MR) is 164 cm³/mol. The molecule has 216 valence electrons. The van der Waals surface area contributed by atoms with Crippen molar-refractivity contribution in [2.75, 3.05) is 11.5 Å². The van der Waals surface area contributed by atoms with Crippen molar-refractivity contribution in [3.05, 3.63) is 125 Å². The van der Waals surface area contributed by atoms with Gasteiger partial charge >= 0.3 is 5.91 Å². The maximum Gasteiger partial charge on any atom is 0.301 e. The van der Waals surface area contributed by atoms with Crippen LogP contribution in [0.15, 0.2) is 103 Å². The van der Waals surface area contributed by atoms with Crippen LogP contribution in [0.5, 0.6) is 11.5 Å². The van der Waals surface area contributed by atoms with Gasteiger partial charge in [-0.2, -0.15) is 0 Å². The number of amides is 1. The number of aliphatic hydroxyl groups is 1. The minimum atomic E-state index is -0.982. The van der Waals surface area contributed by atoms with Gasteiger partial charge in [0.25, 0.3) is 5.78 Å². The summed E-state index contributed by atoms with van der Waals surface area (Å²) < 4.78 is 26.1. The van der Waals surface area contributed by atoms with Gasteiger partial charge in [0.1, 0.15) is 29.7 Å². The van der Waals surface area contributed by atoms with E-state index in [4.69, 9.17) is 9.47 Å². The molecule has 0 saturated carbocycles. The summed E-state index contributed by atoms with van der Waals surface area (Å²) in [5, 5.41) is 11.7. The van der Waals surface area contributed by atoms with Crippen molar-refractivity contribution in [1.29, 1.82) is 0 Å². The summed E-state index contributed by atoms with van der Waals surface area (Å²) >= 11 is 1.10. The van der Waals surface area contributed by atoms with Gasteiger partial charge in [-0.25, -0.2) is 9.37 Å². The number of nitrogens with zero attached hydrogens (tertiary/aromatic N) is 2. The van der Waals surface area contributed by atoms with E-state index >= 15 is 0 Å². The fourth-order valence-electron chi connectivity index (χ4n) is 4.91. The van der Waals surface area contributed by atoms with E-state index in [2.05, 4.69) is 4.98 Å². The van der Waals surface area contributed by atoms with Gasteiger partial charge < -0.3 is 14.6 Å². The fraction of sp³-hybridized carbons (Fsp3) is 0.147. The van der Waals surface area contributed by atoms with E-state index in [-0.39, 0.29) is 16.5 Å². The minimum Gasteiger partial charge on any atom is -0.507 e. The van der Waals surface area contributed by atoms with Gasteiger partial charge in [0.05, 0.1) is 28.4 Å². The molecule has 5 aromatic rings. The Bertz CT molecular complexity index is 1820. The molecule has 7 nitrogen and oxygen atoms in total.